The fourth-order valence-corrected chi connectivity index (χ4v) is 5.18. The zero-order valence-electron chi connectivity index (χ0n) is 24.2. The van der Waals surface area contributed by atoms with Gasteiger partial charge in [-0.05, 0) is 99.9 Å². The van der Waals surface area contributed by atoms with Crippen molar-refractivity contribution in [1.82, 2.24) is 25.4 Å². The van der Waals surface area contributed by atoms with Crippen molar-refractivity contribution in [1.29, 1.82) is 0 Å². The Hall–Kier alpha value is -3.49. The molecule has 2 amide bonds. The molecule has 0 saturated carbocycles. The maximum absolute atomic E-state index is 13.5. The smallest absolute Gasteiger partial charge is 0.314 e. The van der Waals surface area contributed by atoms with Gasteiger partial charge in [-0.1, -0.05) is 36.8 Å². The third-order valence-corrected chi connectivity index (χ3v) is 7.55. The maximum Gasteiger partial charge on any atom is 0.314 e. The highest BCUT2D eigenvalue weighted by Gasteiger charge is 2.16. The average Bonchev–Trinajstić information content (AvgIpc) is 3.00. The number of urea groups is 1. The van der Waals surface area contributed by atoms with Crippen LogP contribution in [0.25, 0.3) is 0 Å². The quantitative estimate of drug-likeness (QED) is 0.242. The zero-order valence-corrected chi connectivity index (χ0v) is 24.2. The molecular formula is C33H44FN5O2. The predicted octanol–water partition coefficient (Wildman–Crippen LogP) is 5.43. The molecule has 0 bridgehead atoms. The van der Waals surface area contributed by atoms with E-state index in [0.29, 0.717) is 19.7 Å². The number of likely N-dealkylation sites (tertiary alicyclic amines) is 1. The third kappa shape index (κ3) is 10.8. The van der Waals surface area contributed by atoms with Gasteiger partial charge in [-0.15, -0.1) is 0 Å². The van der Waals surface area contributed by atoms with Gasteiger partial charge < -0.3 is 20.3 Å². The molecule has 1 aliphatic rings. The molecule has 8 heteroatoms. The number of nitrogens with one attached hydrogen (secondary N) is 2. The number of hydrogen-bond donors (Lipinski definition) is 2. The lowest BCUT2D eigenvalue weighted by Crippen LogP contribution is -2.40. The van der Waals surface area contributed by atoms with E-state index in [-0.39, 0.29) is 17.8 Å². The summed E-state index contributed by atoms with van der Waals surface area (Å²) in [7, 11) is 2.04. The summed E-state index contributed by atoms with van der Waals surface area (Å²) in [6.45, 7) is 6.60. The summed E-state index contributed by atoms with van der Waals surface area (Å²) < 4.78 is 19.3. The number of halogens is 1. The van der Waals surface area contributed by atoms with Gasteiger partial charge in [-0.2, -0.15) is 0 Å². The highest BCUT2D eigenvalue weighted by atomic mass is 19.1. The first-order valence-electron chi connectivity index (χ1n) is 14.9. The van der Waals surface area contributed by atoms with Crippen LogP contribution in [0.4, 0.5) is 9.18 Å². The number of carbonyl (C=O) groups excluding carboxylic acids is 1. The lowest BCUT2D eigenvalue weighted by atomic mass is 9.92. The molecule has 2 heterocycles. The summed E-state index contributed by atoms with van der Waals surface area (Å²) in [5.41, 5.74) is 3.34. The van der Waals surface area contributed by atoms with Crippen LogP contribution >= 0.6 is 0 Å². The number of pyridine rings is 1. The minimum Gasteiger partial charge on any atom is -0.494 e. The van der Waals surface area contributed by atoms with Crippen molar-refractivity contribution in [3.05, 3.63) is 95.6 Å². The highest BCUT2D eigenvalue weighted by Crippen LogP contribution is 2.27. The predicted molar refractivity (Wildman–Crippen MR) is 162 cm³/mol. The van der Waals surface area contributed by atoms with E-state index >= 15 is 0 Å². The molecule has 4 rings (SSSR count). The number of likely N-dealkylation sites (N-methyl/N-ethyl adjacent to an activating group) is 1. The van der Waals surface area contributed by atoms with Crippen LogP contribution in [0.2, 0.25) is 0 Å². The Kier molecular flexibility index (Phi) is 12.4. The van der Waals surface area contributed by atoms with Gasteiger partial charge in [0.25, 0.3) is 0 Å². The van der Waals surface area contributed by atoms with E-state index in [2.05, 4.69) is 37.6 Å². The van der Waals surface area contributed by atoms with Crippen LogP contribution in [0.1, 0.15) is 54.8 Å². The largest absolute Gasteiger partial charge is 0.494 e. The fraction of sp³-hybridized carbons (Fsp3) is 0.455. The number of piperidine rings is 1. The summed E-state index contributed by atoms with van der Waals surface area (Å²) in [5, 5.41) is 5.83. The Morgan fingerprint density at radius 2 is 1.73 bits per heavy atom. The Morgan fingerprint density at radius 3 is 2.46 bits per heavy atom. The van der Waals surface area contributed by atoms with Crippen LogP contribution < -0.4 is 15.4 Å². The highest BCUT2D eigenvalue weighted by molar-refractivity contribution is 5.73. The molecule has 2 N–H and O–H groups in total. The topological polar surface area (TPSA) is 69.7 Å². The van der Waals surface area contributed by atoms with E-state index in [1.807, 2.05) is 49.5 Å². The molecule has 7 nitrogen and oxygen atoms in total. The van der Waals surface area contributed by atoms with E-state index in [4.69, 9.17) is 4.74 Å². The Balaban J connectivity index is 1.07. The molecule has 220 valence electrons. The second-order valence-electron chi connectivity index (χ2n) is 10.8. The normalized spacial score (nSPS) is 14.5. The van der Waals surface area contributed by atoms with E-state index < -0.39 is 0 Å². The Bertz CT molecular complexity index is 1150. The van der Waals surface area contributed by atoms with Gasteiger partial charge in [-0.3, -0.25) is 9.88 Å². The molecule has 0 spiro atoms. The van der Waals surface area contributed by atoms with Crippen molar-refractivity contribution >= 4 is 6.03 Å². The van der Waals surface area contributed by atoms with Crippen molar-refractivity contribution in [2.75, 3.05) is 52.9 Å². The van der Waals surface area contributed by atoms with Gasteiger partial charge in [0, 0.05) is 44.0 Å². The molecular weight excluding hydrogens is 517 g/mol. The van der Waals surface area contributed by atoms with Crippen molar-refractivity contribution in [2.45, 2.75) is 44.6 Å². The van der Waals surface area contributed by atoms with Crippen LogP contribution in [0.15, 0.2) is 72.9 Å². The van der Waals surface area contributed by atoms with E-state index in [9.17, 15) is 9.18 Å². The first-order chi connectivity index (χ1) is 20.1. The molecule has 0 aliphatic carbocycles. The number of aromatic nitrogens is 1. The summed E-state index contributed by atoms with van der Waals surface area (Å²) in [4.78, 5) is 21.4. The Labute approximate surface area is 244 Å². The number of benzene rings is 2. The monoisotopic (exact) mass is 561 g/mol. The molecule has 1 aliphatic heterocycles. The van der Waals surface area contributed by atoms with Crippen molar-refractivity contribution in [3.8, 4) is 5.75 Å². The van der Waals surface area contributed by atoms with Crippen LogP contribution in [0, 0.1) is 5.82 Å². The second kappa shape index (κ2) is 16.7. The molecule has 1 saturated heterocycles. The molecule has 3 aromatic rings. The zero-order chi connectivity index (χ0) is 28.7. The fourth-order valence-electron chi connectivity index (χ4n) is 5.18. The molecule has 1 fully saturated rings. The van der Waals surface area contributed by atoms with Crippen LogP contribution in [0.3, 0.4) is 0 Å². The standard InChI is InChI=1S/C33H44FN5O2/c1-38(23-17-31(32-8-3-4-18-35-32)28-11-13-29(34)14-12-28)24-20-37-33(40)36-19-7-25-41-30-15-9-27(10-16-30)26-39-21-5-2-6-22-39/h3-4,8-16,18,31H,2,5-7,17,19-26H2,1H3,(H2,36,37,40). The number of carbonyl (C=O) groups is 1. The third-order valence-electron chi connectivity index (χ3n) is 7.55. The maximum atomic E-state index is 13.5. The lowest BCUT2D eigenvalue weighted by Gasteiger charge is -2.26. The SMILES string of the molecule is CN(CCNC(=O)NCCCOc1ccc(CN2CCCCC2)cc1)CCC(c1ccc(F)cc1)c1ccccn1. The van der Waals surface area contributed by atoms with Crippen LogP contribution in [-0.4, -0.2) is 73.7 Å². The van der Waals surface area contributed by atoms with Gasteiger partial charge in [0.15, 0.2) is 0 Å². The number of hydrogen-bond acceptors (Lipinski definition) is 5. The molecule has 1 unspecified atom stereocenters. The Morgan fingerprint density at radius 1 is 0.976 bits per heavy atom. The van der Waals surface area contributed by atoms with Crippen LogP contribution in [0.5, 0.6) is 5.75 Å². The summed E-state index contributed by atoms with van der Waals surface area (Å²) >= 11 is 0. The van der Waals surface area contributed by atoms with Gasteiger partial charge in [0.1, 0.15) is 11.6 Å². The van der Waals surface area contributed by atoms with Crippen molar-refractivity contribution < 1.29 is 13.9 Å². The van der Waals surface area contributed by atoms with Gasteiger partial charge >= 0.3 is 6.03 Å². The minimum atomic E-state index is -0.240. The number of amides is 2. The van der Waals surface area contributed by atoms with Gasteiger partial charge in [0.2, 0.25) is 0 Å². The first kappa shape index (κ1) is 30.5. The van der Waals surface area contributed by atoms with Crippen molar-refractivity contribution in [2.24, 2.45) is 0 Å². The number of nitrogens with zero attached hydrogens (tertiary/aromatic N) is 3. The van der Waals surface area contributed by atoms with Gasteiger partial charge in [-0.25, -0.2) is 9.18 Å². The lowest BCUT2D eigenvalue weighted by molar-refractivity contribution is 0.221. The average molecular weight is 562 g/mol. The number of rotatable bonds is 15. The van der Waals surface area contributed by atoms with E-state index in [1.54, 1.807) is 6.20 Å². The number of ether oxygens (including phenoxy) is 1. The molecule has 1 aromatic heterocycles. The first-order valence-corrected chi connectivity index (χ1v) is 14.9. The summed E-state index contributed by atoms with van der Waals surface area (Å²) in [6, 6.07) is 20.7. The van der Waals surface area contributed by atoms with E-state index in [0.717, 1.165) is 49.5 Å². The molecule has 1 atom stereocenters. The van der Waals surface area contributed by atoms with Crippen LogP contribution in [-0.2, 0) is 6.54 Å². The molecule has 41 heavy (non-hydrogen) atoms. The summed E-state index contributed by atoms with van der Waals surface area (Å²) in [5.74, 6) is 0.704. The summed E-state index contributed by atoms with van der Waals surface area (Å²) in [6.07, 6.45) is 7.33. The van der Waals surface area contributed by atoms with E-state index in [1.165, 1.54) is 50.0 Å². The molecule has 2 aromatic carbocycles. The van der Waals surface area contributed by atoms with Crippen molar-refractivity contribution in [3.63, 3.8) is 0 Å². The minimum absolute atomic E-state index is 0.0789. The molecule has 0 radical (unpaired) electrons. The second-order valence-corrected chi connectivity index (χ2v) is 10.8. The van der Waals surface area contributed by atoms with Gasteiger partial charge in [0.05, 0.1) is 6.61 Å².